The van der Waals surface area contributed by atoms with Gasteiger partial charge in [-0.1, -0.05) is 0 Å². The predicted molar refractivity (Wildman–Crippen MR) is 100.0 cm³/mol. The molecule has 2 aliphatic carbocycles. The molecule has 0 unspecified atom stereocenters. The Kier molecular flexibility index (Phi) is 4.68. The van der Waals surface area contributed by atoms with Crippen molar-refractivity contribution in [1.82, 2.24) is 0 Å². The molecule has 2 rings (SSSR count). The van der Waals surface area contributed by atoms with E-state index in [4.69, 9.17) is 0 Å². The fourth-order valence-corrected chi connectivity index (χ4v) is 18.0. The first-order chi connectivity index (χ1) is 9.45. The zero-order valence-corrected chi connectivity index (χ0v) is 18.8. The summed E-state index contributed by atoms with van der Waals surface area (Å²) in [5.74, 6) is 0. The van der Waals surface area contributed by atoms with Gasteiger partial charge in [-0.15, -0.1) is 0 Å². The summed E-state index contributed by atoms with van der Waals surface area (Å²) >= 11 is -2.07. The van der Waals surface area contributed by atoms with Crippen LogP contribution in [0, 0.1) is 0 Å². The quantitative estimate of drug-likeness (QED) is 0.512. The maximum absolute atomic E-state index is 2.66. The average molecular weight is 352 g/mol. The third-order valence-electron chi connectivity index (χ3n) is 4.99. The van der Waals surface area contributed by atoms with Crippen LogP contribution in [0.1, 0.15) is 12.8 Å². The summed E-state index contributed by atoms with van der Waals surface area (Å²) in [6.07, 6.45) is 12.3. The molecule has 0 radical (unpaired) electrons. The van der Waals surface area contributed by atoms with Crippen molar-refractivity contribution >= 4 is 16.1 Å². The van der Waals surface area contributed by atoms with E-state index in [0.717, 1.165) is 0 Å². The Morgan fingerprint density at radius 3 is 1.33 bits per heavy atom. The fourth-order valence-electron chi connectivity index (χ4n) is 3.78. The van der Waals surface area contributed by atoms with Crippen molar-refractivity contribution < 1.29 is 16.6 Å². The second kappa shape index (κ2) is 5.63. The molecular weight excluding hydrogens is 320 g/mol. The van der Waals surface area contributed by atoms with Crippen molar-refractivity contribution in [1.29, 1.82) is 0 Å². The van der Waals surface area contributed by atoms with Gasteiger partial charge in [-0.3, -0.25) is 0 Å². The van der Waals surface area contributed by atoms with E-state index in [2.05, 4.69) is 74.0 Å². The summed E-state index contributed by atoms with van der Waals surface area (Å²) in [4.78, 5) is 0. The van der Waals surface area contributed by atoms with Crippen molar-refractivity contribution in [3.05, 3.63) is 42.5 Å². The molecule has 0 N–H and O–H groups in total. The Labute approximate surface area is 137 Å². The number of allylic oxidation sites excluding steroid dienone is 8. The molecule has 116 valence electrons. The van der Waals surface area contributed by atoms with Gasteiger partial charge in [0, 0.05) is 0 Å². The zero-order valence-electron chi connectivity index (χ0n) is 15.2. The van der Waals surface area contributed by atoms with E-state index in [1.807, 2.05) is 7.76 Å². The van der Waals surface area contributed by atoms with Gasteiger partial charge >= 0.3 is 138 Å². The first-order valence-corrected chi connectivity index (χ1v) is 20.0. The van der Waals surface area contributed by atoms with Gasteiger partial charge in [-0.05, 0) is 0 Å². The summed E-state index contributed by atoms with van der Waals surface area (Å²) in [5, 5.41) is 8.87. The predicted octanol–water partition coefficient (Wildman–Crippen LogP) is 6.42. The second-order valence-electron chi connectivity index (χ2n) is 9.12. The maximum atomic E-state index is 2.66. The molecular formula is C18H32Si2Ti. The third kappa shape index (κ3) is 3.39. The Bertz CT molecular complexity index is 511. The first-order valence-electron chi connectivity index (χ1n) is 8.27. The summed E-state index contributed by atoms with van der Waals surface area (Å²) in [6.45, 7) is 15.1. The molecule has 0 aromatic heterocycles. The Hall–Kier alpha value is 0.108. The Morgan fingerprint density at radius 1 is 0.714 bits per heavy atom. The van der Waals surface area contributed by atoms with Gasteiger partial charge in [-0.2, -0.15) is 0 Å². The van der Waals surface area contributed by atoms with Crippen LogP contribution in [0.15, 0.2) is 42.5 Å². The molecule has 0 nitrogen and oxygen atoms in total. The molecule has 0 bridgehead atoms. The topological polar surface area (TPSA) is 0 Å². The van der Waals surface area contributed by atoms with Crippen molar-refractivity contribution in [3.8, 4) is 0 Å². The van der Waals surface area contributed by atoms with E-state index in [9.17, 15) is 0 Å². The van der Waals surface area contributed by atoms with Crippen LogP contribution in [-0.2, 0) is 16.6 Å². The van der Waals surface area contributed by atoms with Gasteiger partial charge in [0.2, 0.25) is 0 Å². The van der Waals surface area contributed by atoms with Crippen LogP contribution in [0.4, 0.5) is 0 Å². The molecule has 0 saturated carbocycles. The summed E-state index contributed by atoms with van der Waals surface area (Å²) in [7, 11) is -2.42. The minimum atomic E-state index is -2.07. The number of hydrogen-bond donors (Lipinski definition) is 0. The van der Waals surface area contributed by atoms with Crippen molar-refractivity contribution in [2.75, 3.05) is 0 Å². The standard InChI is InChI=1S/2C8H13Si.2CH3.Ti/c2*1-9(2,3)8-6-4-5-7-8;;;/h2*4,6H,5H2,1-3H3;2*1H3;. The molecule has 2 aliphatic rings. The van der Waals surface area contributed by atoms with Crippen LogP contribution >= 0.6 is 0 Å². The SMILES string of the molecule is C[Si](C)(C)C1=[C]([Ti]([CH3])([CH3])[C]2=C([Si](C)(C)C)C=CC2)CC=C1. The normalized spacial score (nSPS) is 20.2. The van der Waals surface area contributed by atoms with Crippen LogP contribution in [0.5, 0.6) is 0 Å². The molecule has 0 fully saturated rings. The molecule has 0 heterocycles. The van der Waals surface area contributed by atoms with Crippen LogP contribution in [0.25, 0.3) is 0 Å². The monoisotopic (exact) mass is 352 g/mol. The summed E-state index contributed by atoms with van der Waals surface area (Å²) < 4.78 is 3.78. The number of rotatable bonds is 4. The van der Waals surface area contributed by atoms with Gasteiger partial charge in [-0.25, -0.2) is 0 Å². The van der Waals surface area contributed by atoms with Crippen molar-refractivity contribution in [2.45, 2.75) is 62.6 Å². The van der Waals surface area contributed by atoms with Gasteiger partial charge in [0.15, 0.2) is 0 Å². The molecule has 0 spiro atoms. The van der Waals surface area contributed by atoms with Crippen LogP contribution in [0.2, 0.25) is 49.7 Å². The Morgan fingerprint density at radius 2 is 1.05 bits per heavy atom. The molecule has 0 aromatic rings. The molecule has 21 heavy (non-hydrogen) atoms. The van der Waals surface area contributed by atoms with Crippen LogP contribution < -0.4 is 0 Å². The van der Waals surface area contributed by atoms with E-state index in [0.29, 0.717) is 0 Å². The van der Waals surface area contributed by atoms with E-state index < -0.39 is 32.7 Å². The second-order valence-corrected chi connectivity index (χ2v) is 26.2. The average Bonchev–Trinajstić information content (AvgIpc) is 2.97. The van der Waals surface area contributed by atoms with E-state index >= 15 is 0 Å². The minimum absolute atomic E-state index is 1.21. The van der Waals surface area contributed by atoms with E-state index in [1.165, 1.54) is 12.8 Å². The van der Waals surface area contributed by atoms with E-state index in [-0.39, 0.29) is 0 Å². The van der Waals surface area contributed by atoms with Gasteiger partial charge in [0.05, 0.1) is 0 Å². The first kappa shape index (κ1) is 17.5. The molecule has 0 amide bonds. The summed E-state index contributed by atoms with van der Waals surface area (Å²) in [6, 6.07) is 0. The molecule has 0 aliphatic heterocycles. The number of hydrogen-bond acceptors (Lipinski definition) is 0. The van der Waals surface area contributed by atoms with Crippen LogP contribution in [0.3, 0.4) is 0 Å². The molecule has 0 saturated heterocycles. The van der Waals surface area contributed by atoms with Crippen molar-refractivity contribution in [2.24, 2.45) is 0 Å². The van der Waals surface area contributed by atoms with Gasteiger partial charge in [0.1, 0.15) is 0 Å². The molecule has 0 atom stereocenters. The zero-order chi connectivity index (χ0) is 16.1. The molecule has 0 aromatic carbocycles. The summed E-state index contributed by atoms with van der Waals surface area (Å²) in [5.41, 5.74) is 0. The van der Waals surface area contributed by atoms with Gasteiger partial charge < -0.3 is 0 Å². The molecule has 3 heteroatoms. The fraction of sp³-hybridized carbons (Fsp3) is 0.556. The Balaban J connectivity index is 2.54. The van der Waals surface area contributed by atoms with Crippen molar-refractivity contribution in [3.63, 3.8) is 0 Å². The third-order valence-corrected chi connectivity index (χ3v) is 16.1. The van der Waals surface area contributed by atoms with Gasteiger partial charge in [0.25, 0.3) is 0 Å². The van der Waals surface area contributed by atoms with E-state index in [1.54, 1.807) is 10.4 Å². The van der Waals surface area contributed by atoms with Crippen LogP contribution in [-0.4, -0.2) is 16.1 Å².